The molecule has 3 heterocycles. The number of likely N-dealkylation sites (tertiary alicyclic amines) is 1. The predicted octanol–water partition coefficient (Wildman–Crippen LogP) is 3.78. The standard InChI is InChI=1S/C25H35F3N6O/c1-16-13-33(23-29-11-21(12-30-23)25(26,27)28)14-17(2)34(16)24(35)31-22-5-7-32(8-6-22)15-20-10-18-3-4-19(20)9-18/h3-4,11-12,16-20,22H,5-10,13-15H2,1-2H3,(H,31,35)/t16-,17+,18?,19?,20?. The first kappa shape index (κ1) is 24.3. The van der Waals surface area contributed by atoms with Crippen molar-refractivity contribution in [2.75, 3.05) is 37.6 Å². The highest BCUT2D eigenvalue weighted by atomic mass is 19.4. The summed E-state index contributed by atoms with van der Waals surface area (Å²) in [6.45, 7) is 8.07. The summed E-state index contributed by atoms with van der Waals surface area (Å²) in [7, 11) is 0. The number of hydrogen-bond donors (Lipinski definition) is 1. The van der Waals surface area contributed by atoms with Gasteiger partial charge in [-0.2, -0.15) is 13.2 Å². The molecule has 3 unspecified atom stereocenters. The summed E-state index contributed by atoms with van der Waals surface area (Å²) >= 11 is 0. The Balaban J connectivity index is 1.10. The van der Waals surface area contributed by atoms with E-state index in [1.54, 1.807) is 0 Å². The zero-order valence-corrected chi connectivity index (χ0v) is 20.4. The molecule has 0 aromatic carbocycles. The van der Waals surface area contributed by atoms with Crippen molar-refractivity contribution >= 4 is 12.0 Å². The number of hydrogen-bond acceptors (Lipinski definition) is 5. The Kier molecular flexibility index (Phi) is 6.67. The van der Waals surface area contributed by atoms with Gasteiger partial charge in [-0.15, -0.1) is 0 Å². The number of nitrogens with zero attached hydrogens (tertiary/aromatic N) is 5. The summed E-state index contributed by atoms with van der Waals surface area (Å²) in [5, 5.41) is 3.24. The molecule has 5 rings (SSSR count). The molecular weight excluding hydrogens is 457 g/mol. The second kappa shape index (κ2) is 9.59. The molecule has 2 aliphatic carbocycles. The van der Waals surface area contributed by atoms with Crippen LogP contribution in [0.3, 0.4) is 0 Å². The second-order valence-electron chi connectivity index (χ2n) is 10.8. The molecule has 5 atom stereocenters. The minimum atomic E-state index is -4.46. The number of aromatic nitrogens is 2. The molecule has 4 aliphatic rings. The molecule has 1 N–H and O–H groups in total. The van der Waals surface area contributed by atoms with E-state index in [0.29, 0.717) is 13.1 Å². The molecule has 0 spiro atoms. The number of fused-ring (bicyclic) bond motifs is 2. The molecule has 192 valence electrons. The number of urea groups is 1. The lowest BCUT2D eigenvalue weighted by Gasteiger charge is -2.45. The Morgan fingerprint density at radius 2 is 1.71 bits per heavy atom. The Morgan fingerprint density at radius 1 is 1.06 bits per heavy atom. The highest BCUT2D eigenvalue weighted by Crippen LogP contribution is 2.43. The largest absolute Gasteiger partial charge is 0.419 e. The molecular formula is C25H35F3N6O. The van der Waals surface area contributed by atoms with Crippen LogP contribution in [-0.2, 0) is 6.18 Å². The quantitative estimate of drug-likeness (QED) is 0.649. The molecule has 3 fully saturated rings. The van der Waals surface area contributed by atoms with Crippen LogP contribution in [0, 0.1) is 17.8 Å². The minimum Gasteiger partial charge on any atom is -0.337 e. The van der Waals surface area contributed by atoms with Crippen LogP contribution in [0.4, 0.5) is 23.9 Å². The van der Waals surface area contributed by atoms with E-state index >= 15 is 0 Å². The van der Waals surface area contributed by atoms with Crippen molar-refractivity contribution in [1.29, 1.82) is 0 Å². The van der Waals surface area contributed by atoms with Gasteiger partial charge >= 0.3 is 12.2 Å². The number of carbonyl (C=O) groups is 1. The van der Waals surface area contributed by atoms with Crippen molar-refractivity contribution in [3.05, 3.63) is 30.1 Å². The number of alkyl halides is 3. The molecule has 7 nitrogen and oxygen atoms in total. The third-order valence-electron chi connectivity index (χ3n) is 8.23. The summed E-state index contributed by atoms with van der Waals surface area (Å²) in [6.07, 6.45) is 6.57. The fourth-order valence-corrected chi connectivity index (χ4v) is 6.46. The number of piperidine rings is 1. The maximum Gasteiger partial charge on any atom is 0.419 e. The molecule has 1 aromatic rings. The van der Waals surface area contributed by atoms with Gasteiger partial charge in [-0.25, -0.2) is 14.8 Å². The second-order valence-corrected chi connectivity index (χ2v) is 10.8. The number of amides is 2. The van der Waals surface area contributed by atoms with E-state index < -0.39 is 11.7 Å². The van der Waals surface area contributed by atoms with Crippen LogP contribution in [0.25, 0.3) is 0 Å². The summed E-state index contributed by atoms with van der Waals surface area (Å²) < 4.78 is 38.4. The number of anilines is 1. The van der Waals surface area contributed by atoms with Gasteiger partial charge in [-0.3, -0.25) is 0 Å². The Labute approximate surface area is 204 Å². The van der Waals surface area contributed by atoms with Gasteiger partial charge in [0.1, 0.15) is 0 Å². The minimum absolute atomic E-state index is 0.0605. The summed E-state index contributed by atoms with van der Waals surface area (Å²) in [4.78, 5) is 27.3. The number of nitrogens with one attached hydrogen (secondary N) is 1. The fraction of sp³-hybridized carbons (Fsp3) is 0.720. The molecule has 0 radical (unpaired) electrons. The maximum atomic E-state index is 13.2. The third-order valence-corrected chi connectivity index (χ3v) is 8.23. The average Bonchev–Trinajstić information content (AvgIpc) is 3.43. The zero-order valence-electron chi connectivity index (χ0n) is 20.4. The van der Waals surface area contributed by atoms with E-state index in [1.807, 2.05) is 23.6 Å². The van der Waals surface area contributed by atoms with Crippen LogP contribution in [-0.4, -0.2) is 76.6 Å². The van der Waals surface area contributed by atoms with Crippen LogP contribution < -0.4 is 10.2 Å². The van der Waals surface area contributed by atoms with Gasteiger partial charge < -0.3 is 20.0 Å². The van der Waals surface area contributed by atoms with E-state index in [-0.39, 0.29) is 30.1 Å². The number of halogens is 3. The van der Waals surface area contributed by atoms with E-state index in [2.05, 4.69) is 32.3 Å². The highest BCUT2D eigenvalue weighted by molar-refractivity contribution is 5.75. The summed E-state index contributed by atoms with van der Waals surface area (Å²) in [5.74, 6) is 2.63. The van der Waals surface area contributed by atoms with Crippen molar-refractivity contribution in [1.82, 2.24) is 25.1 Å². The average molecular weight is 493 g/mol. The SMILES string of the molecule is C[C@@H]1CN(c2ncc(C(F)(F)F)cn2)C[C@H](C)N1C(=O)NC1CCN(CC2CC3C=CC2C3)CC1. The lowest BCUT2D eigenvalue weighted by Crippen LogP contribution is -2.62. The Hall–Kier alpha value is -2.36. The van der Waals surface area contributed by atoms with Gasteiger partial charge in [0.2, 0.25) is 5.95 Å². The smallest absolute Gasteiger partial charge is 0.337 e. The van der Waals surface area contributed by atoms with Crippen LogP contribution in [0.2, 0.25) is 0 Å². The Morgan fingerprint density at radius 3 is 2.26 bits per heavy atom. The monoisotopic (exact) mass is 492 g/mol. The number of allylic oxidation sites excluding steroid dienone is 2. The number of rotatable bonds is 4. The topological polar surface area (TPSA) is 64.6 Å². The molecule has 10 heteroatoms. The van der Waals surface area contributed by atoms with E-state index in [1.165, 1.54) is 19.4 Å². The van der Waals surface area contributed by atoms with Gasteiger partial charge in [0.15, 0.2) is 0 Å². The van der Waals surface area contributed by atoms with E-state index in [4.69, 9.17) is 0 Å². The normalized spacial score (nSPS) is 31.9. The molecule has 2 amide bonds. The summed E-state index contributed by atoms with van der Waals surface area (Å²) in [6, 6.07) is -0.116. The molecule has 1 saturated carbocycles. The molecule has 2 aliphatic heterocycles. The van der Waals surface area contributed by atoms with Gasteiger partial charge in [0.05, 0.1) is 5.56 Å². The molecule has 35 heavy (non-hydrogen) atoms. The van der Waals surface area contributed by atoms with E-state index in [9.17, 15) is 18.0 Å². The summed E-state index contributed by atoms with van der Waals surface area (Å²) in [5.41, 5.74) is -0.862. The van der Waals surface area contributed by atoms with Crippen molar-refractivity contribution < 1.29 is 18.0 Å². The van der Waals surface area contributed by atoms with Crippen LogP contribution in [0.1, 0.15) is 45.1 Å². The van der Waals surface area contributed by atoms with Crippen molar-refractivity contribution in [2.45, 2.75) is 63.8 Å². The maximum absolute atomic E-state index is 13.2. The predicted molar refractivity (Wildman–Crippen MR) is 127 cm³/mol. The lowest BCUT2D eigenvalue weighted by molar-refractivity contribution is -0.138. The van der Waals surface area contributed by atoms with Crippen LogP contribution >= 0.6 is 0 Å². The molecule has 2 bridgehead atoms. The number of piperazine rings is 1. The highest BCUT2D eigenvalue weighted by Gasteiger charge is 2.38. The van der Waals surface area contributed by atoms with E-state index in [0.717, 1.165) is 56.1 Å². The first-order valence-electron chi connectivity index (χ1n) is 12.8. The first-order valence-corrected chi connectivity index (χ1v) is 12.8. The van der Waals surface area contributed by atoms with Crippen molar-refractivity contribution in [2.24, 2.45) is 17.8 Å². The van der Waals surface area contributed by atoms with Crippen LogP contribution in [0.15, 0.2) is 24.5 Å². The van der Waals surface area contributed by atoms with Crippen LogP contribution in [0.5, 0.6) is 0 Å². The first-order chi connectivity index (χ1) is 16.7. The lowest BCUT2D eigenvalue weighted by atomic mass is 9.92. The zero-order chi connectivity index (χ0) is 24.7. The molecule has 2 saturated heterocycles. The fourth-order valence-electron chi connectivity index (χ4n) is 6.46. The van der Waals surface area contributed by atoms with Gasteiger partial charge in [0, 0.05) is 63.2 Å². The van der Waals surface area contributed by atoms with Gasteiger partial charge in [-0.05, 0) is 57.3 Å². The van der Waals surface area contributed by atoms with Gasteiger partial charge in [0.25, 0.3) is 0 Å². The van der Waals surface area contributed by atoms with Gasteiger partial charge in [-0.1, -0.05) is 12.2 Å². The Bertz CT molecular complexity index is 918. The molecule has 1 aromatic heterocycles. The van der Waals surface area contributed by atoms with Crippen molar-refractivity contribution in [3.8, 4) is 0 Å². The third kappa shape index (κ3) is 5.27. The van der Waals surface area contributed by atoms with Crippen molar-refractivity contribution in [3.63, 3.8) is 0 Å². The number of carbonyl (C=O) groups excluding carboxylic acids is 1.